The van der Waals surface area contributed by atoms with Crippen LogP contribution in [0.1, 0.15) is 18.4 Å². The van der Waals surface area contributed by atoms with Crippen LogP contribution in [0, 0.1) is 12.7 Å². The van der Waals surface area contributed by atoms with E-state index in [1.807, 2.05) is 29.2 Å². The van der Waals surface area contributed by atoms with Gasteiger partial charge in [-0.25, -0.2) is 14.2 Å². The van der Waals surface area contributed by atoms with Gasteiger partial charge in [0.25, 0.3) is 0 Å². The topological polar surface area (TPSA) is 45.2 Å². The fourth-order valence-electron chi connectivity index (χ4n) is 2.98. The summed E-state index contributed by atoms with van der Waals surface area (Å²) >= 11 is 1.52. The van der Waals surface area contributed by atoms with Crippen molar-refractivity contribution in [3.05, 3.63) is 47.8 Å². The van der Waals surface area contributed by atoms with Crippen LogP contribution in [-0.2, 0) is 0 Å². The van der Waals surface area contributed by atoms with Crippen LogP contribution in [0.5, 0.6) is 0 Å². The average Bonchev–Trinajstić information content (AvgIpc) is 3.26. The number of nitrogens with zero attached hydrogens (tertiary/aromatic N) is 2. The van der Waals surface area contributed by atoms with Gasteiger partial charge in [0.2, 0.25) is 0 Å². The number of carbonyl (C=O) groups excluding carboxylic acids is 1. The van der Waals surface area contributed by atoms with Crippen molar-refractivity contribution < 1.29 is 9.18 Å². The minimum atomic E-state index is -0.227. The number of thiazole rings is 1. The monoisotopic (exact) mass is 355 g/mol. The summed E-state index contributed by atoms with van der Waals surface area (Å²) in [6.07, 6.45) is 2.13. The molecule has 1 aromatic heterocycles. The van der Waals surface area contributed by atoms with Gasteiger partial charge >= 0.3 is 6.03 Å². The van der Waals surface area contributed by atoms with Gasteiger partial charge in [-0.05, 0) is 49.6 Å². The van der Waals surface area contributed by atoms with Gasteiger partial charge in [0, 0.05) is 24.3 Å². The third-order valence-corrected chi connectivity index (χ3v) is 5.54. The predicted octanol–water partition coefficient (Wildman–Crippen LogP) is 5.04. The molecule has 3 aromatic rings. The van der Waals surface area contributed by atoms with E-state index in [9.17, 15) is 9.18 Å². The summed E-state index contributed by atoms with van der Waals surface area (Å²) in [5.74, 6) is -0.227. The van der Waals surface area contributed by atoms with Crippen molar-refractivity contribution in [1.82, 2.24) is 9.88 Å². The summed E-state index contributed by atoms with van der Waals surface area (Å²) in [4.78, 5) is 18.6. The van der Waals surface area contributed by atoms with E-state index in [0.29, 0.717) is 5.56 Å². The molecule has 0 atom stereocenters. The number of hydrogen-bond donors (Lipinski definition) is 1. The Bertz CT molecular complexity index is 947. The summed E-state index contributed by atoms with van der Waals surface area (Å²) in [5, 5.41) is 3.71. The van der Waals surface area contributed by atoms with E-state index in [1.165, 1.54) is 17.4 Å². The fraction of sp³-hybridized carbons (Fsp3) is 0.263. The van der Waals surface area contributed by atoms with Gasteiger partial charge in [-0.1, -0.05) is 12.1 Å². The van der Waals surface area contributed by atoms with E-state index in [4.69, 9.17) is 0 Å². The number of hydrogen-bond acceptors (Lipinski definition) is 3. The molecule has 0 aliphatic carbocycles. The Morgan fingerprint density at radius 1 is 1.20 bits per heavy atom. The van der Waals surface area contributed by atoms with Gasteiger partial charge in [-0.3, -0.25) is 0 Å². The Morgan fingerprint density at radius 2 is 2.00 bits per heavy atom. The number of carbonyl (C=O) groups is 1. The quantitative estimate of drug-likeness (QED) is 0.700. The molecule has 4 nitrogen and oxygen atoms in total. The molecule has 0 radical (unpaired) electrons. The van der Waals surface area contributed by atoms with E-state index in [2.05, 4.69) is 10.3 Å². The van der Waals surface area contributed by atoms with Gasteiger partial charge in [0.15, 0.2) is 0 Å². The summed E-state index contributed by atoms with van der Waals surface area (Å²) in [7, 11) is 0. The first-order chi connectivity index (χ1) is 12.1. The van der Waals surface area contributed by atoms with Gasteiger partial charge in [0.05, 0.1) is 10.2 Å². The van der Waals surface area contributed by atoms with Gasteiger partial charge < -0.3 is 10.2 Å². The van der Waals surface area contributed by atoms with Crippen molar-refractivity contribution in [3.8, 4) is 10.6 Å². The van der Waals surface area contributed by atoms with Crippen molar-refractivity contribution in [1.29, 1.82) is 0 Å². The lowest BCUT2D eigenvalue weighted by Gasteiger charge is -2.16. The molecule has 0 bridgehead atoms. The third kappa shape index (κ3) is 3.22. The molecule has 1 fully saturated rings. The fourth-order valence-corrected chi connectivity index (χ4v) is 3.92. The molecule has 25 heavy (non-hydrogen) atoms. The molecular formula is C19H18FN3OS. The molecule has 1 N–H and O–H groups in total. The average molecular weight is 355 g/mol. The largest absolute Gasteiger partial charge is 0.325 e. The first-order valence-corrected chi connectivity index (χ1v) is 9.15. The molecule has 0 unspecified atom stereocenters. The lowest BCUT2D eigenvalue weighted by molar-refractivity contribution is 0.222. The van der Waals surface area contributed by atoms with Crippen molar-refractivity contribution in [2.24, 2.45) is 0 Å². The zero-order chi connectivity index (χ0) is 17.4. The summed E-state index contributed by atoms with van der Waals surface area (Å²) in [6, 6.07) is 10.8. The number of nitrogens with one attached hydrogen (secondary N) is 1. The van der Waals surface area contributed by atoms with Crippen LogP contribution in [0.4, 0.5) is 14.9 Å². The molecule has 2 heterocycles. The zero-order valence-corrected chi connectivity index (χ0v) is 14.7. The normalized spacial score (nSPS) is 14.2. The highest BCUT2D eigenvalue weighted by molar-refractivity contribution is 7.21. The second kappa shape index (κ2) is 6.44. The minimum absolute atomic E-state index is 0.0621. The van der Waals surface area contributed by atoms with Crippen LogP contribution in [-0.4, -0.2) is 29.0 Å². The van der Waals surface area contributed by atoms with Crippen molar-refractivity contribution in [2.75, 3.05) is 18.4 Å². The van der Waals surface area contributed by atoms with Crippen LogP contribution in [0.15, 0.2) is 36.4 Å². The van der Waals surface area contributed by atoms with Crippen LogP contribution in [0.25, 0.3) is 20.8 Å². The number of fused-ring (bicyclic) bond motifs is 1. The van der Waals surface area contributed by atoms with E-state index < -0.39 is 0 Å². The molecular weight excluding hydrogens is 337 g/mol. The van der Waals surface area contributed by atoms with Crippen LogP contribution < -0.4 is 5.32 Å². The number of urea groups is 1. The van der Waals surface area contributed by atoms with Crippen LogP contribution >= 0.6 is 11.3 Å². The van der Waals surface area contributed by atoms with Gasteiger partial charge in [-0.15, -0.1) is 11.3 Å². The molecule has 6 heteroatoms. The third-order valence-electron chi connectivity index (χ3n) is 4.45. The second-order valence-electron chi connectivity index (χ2n) is 6.29. The van der Waals surface area contributed by atoms with E-state index in [0.717, 1.165) is 52.4 Å². The molecule has 1 aliphatic rings. The highest BCUT2D eigenvalue weighted by Gasteiger charge is 2.18. The number of benzene rings is 2. The lowest BCUT2D eigenvalue weighted by Crippen LogP contribution is -2.32. The Kier molecular flexibility index (Phi) is 4.13. The standard InChI is InChI=1S/C19H18FN3OS/c1-12-4-5-13(10-15(12)20)18-22-16-11-14(6-7-17(16)25-18)21-19(24)23-8-2-3-9-23/h4-7,10-11H,2-3,8-9H2,1H3,(H,21,24). The molecule has 128 valence electrons. The molecule has 2 amide bonds. The number of anilines is 1. The van der Waals surface area contributed by atoms with E-state index >= 15 is 0 Å². The second-order valence-corrected chi connectivity index (χ2v) is 7.32. The SMILES string of the molecule is Cc1ccc(-c2nc3cc(NC(=O)N4CCCC4)ccc3s2)cc1F. The summed E-state index contributed by atoms with van der Waals surface area (Å²) in [6.45, 7) is 3.37. The Hall–Kier alpha value is -2.47. The number of aromatic nitrogens is 1. The zero-order valence-electron chi connectivity index (χ0n) is 13.9. The number of amides is 2. The van der Waals surface area contributed by atoms with E-state index in [-0.39, 0.29) is 11.8 Å². The first kappa shape index (κ1) is 16.0. The molecule has 2 aromatic carbocycles. The predicted molar refractivity (Wildman–Crippen MR) is 99.6 cm³/mol. The molecule has 1 aliphatic heterocycles. The highest BCUT2D eigenvalue weighted by Crippen LogP contribution is 2.32. The smallest absolute Gasteiger partial charge is 0.321 e. The summed E-state index contributed by atoms with van der Waals surface area (Å²) in [5.41, 5.74) is 2.93. The Labute approximate surface area is 149 Å². The van der Waals surface area contributed by atoms with Crippen molar-refractivity contribution in [2.45, 2.75) is 19.8 Å². The minimum Gasteiger partial charge on any atom is -0.325 e. The Morgan fingerprint density at radius 3 is 2.76 bits per heavy atom. The number of halogens is 1. The number of aryl methyl sites for hydroxylation is 1. The highest BCUT2D eigenvalue weighted by atomic mass is 32.1. The van der Waals surface area contributed by atoms with Crippen molar-refractivity contribution >= 4 is 33.3 Å². The number of rotatable bonds is 2. The maximum Gasteiger partial charge on any atom is 0.321 e. The molecule has 0 saturated carbocycles. The van der Waals surface area contributed by atoms with Gasteiger partial charge in [-0.2, -0.15) is 0 Å². The van der Waals surface area contributed by atoms with Crippen LogP contribution in [0.2, 0.25) is 0 Å². The maximum atomic E-state index is 13.8. The Balaban J connectivity index is 1.60. The molecule has 4 rings (SSSR count). The molecule has 0 spiro atoms. The van der Waals surface area contributed by atoms with Crippen molar-refractivity contribution in [3.63, 3.8) is 0 Å². The van der Waals surface area contributed by atoms with E-state index in [1.54, 1.807) is 13.0 Å². The van der Waals surface area contributed by atoms with Crippen LogP contribution in [0.3, 0.4) is 0 Å². The summed E-state index contributed by atoms with van der Waals surface area (Å²) < 4.78 is 14.8. The molecule has 1 saturated heterocycles. The number of likely N-dealkylation sites (tertiary alicyclic amines) is 1. The maximum absolute atomic E-state index is 13.8. The lowest BCUT2D eigenvalue weighted by atomic mass is 10.1. The first-order valence-electron chi connectivity index (χ1n) is 8.33. The van der Waals surface area contributed by atoms with Gasteiger partial charge in [0.1, 0.15) is 10.8 Å².